The van der Waals surface area contributed by atoms with Crippen LogP contribution in [-0.4, -0.2) is 20.9 Å². The van der Waals surface area contributed by atoms with Gasteiger partial charge in [-0.25, -0.2) is 4.79 Å². The molecule has 1 heterocycles. The molecular formula is C12H16N2O2. The van der Waals surface area contributed by atoms with Gasteiger partial charge in [-0.15, -0.1) is 0 Å². The summed E-state index contributed by atoms with van der Waals surface area (Å²) in [6, 6.07) is 0.223. The van der Waals surface area contributed by atoms with Crippen molar-refractivity contribution < 1.29 is 9.90 Å². The van der Waals surface area contributed by atoms with Gasteiger partial charge in [0, 0.05) is 0 Å². The number of carboxylic acids is 1. The summed E-state index contributed by atoms with van der Waals surface area (Å²) in [6.45, 7) is 3.57. The SMILES string of the molecule is Cc1nn(C2C=CCCC2)c(C)c1C(=O)O. The van der Waals surface area contributed by atoms with Crippen molar-refractivity contribution in [2.24, 2.45) is 0 Å². The van der Waals surface area contributed by atoms with Crippen LogP contribution in [0.3, 0.4) is 0 Å². The molecule has 0 fully saturated rings. The van der Waals surface area contributed by atoms with E-state index in [1.54, 1.807) is 6.92 Å². The first-order valence-electron chi connectivity index (χ1n) is 5.57. The minimum atomic E-state index is -0.888. The van der Waals surface area contributed by atoms with Gasteiger partial charge in [-0.1, -0.05) is 12.2 Å². The molecule has 1 N–H and O–H groups in total. The first-order valence-corrected chi connectivity index (χ1v) is 5.57. The Labute approximate surface area is 94.6 Å². The van der Waals surface area contributed by atoms with Crippen LogP contribution >= 0.6 is 0 Å². The van der Waals surface area contributed by atoms with E-state index in [0.717, 1.165) is 25.0 Å². The van der Waals surface area contributed by atoms with Gasteiger partial charge in [-0.05, 0) is 33.1 Å². The molecule has 86 valence electrons. The van der Waals surface area contributed by atoms with Crippen LogP contribution in [0.25, 0.3) is 0 Å². The lowest BCUT2D eigenvalue weighted by Gasteiger charge is -2.18. The van der Waals surface area contributed by atoms with E-state index in [0.29, 0.717) is 11.3 Å². The van der Waals surface area contributed by atoms with Crippen LogP contribution in [0.4, 0.5) is 0 Å². The molecule has 1 aromatic rings. The normalized spacial score (nSPS) is 20.0. The third-order valence-corrected chi connectivity index (χ3v) is 3.08. The maximum atomic E-state index is 11.1. The van der Waals surface area contributed by atoms with E-state index in [9.17, 15) is 4.79 Å². The molecule has 16 heavy (non-hydrogen) atoms. The van der Waals surface area contributed by atoms with E-state index in [4.69, 9.17) is 5.11 Å². The Bertz CT molecular complexity index is 446. The van der Waals surface area contributed by atoms with Crippen molar-refractivity contribution in [1.82, 2.24) is 9.78 Å². The predicted molar refractivity (Wildman–Crippen MR) is 60.7 cm³/mol. The fraction of sp³-hybridized carbons (Fsp3) is 0.500. The zero-order chi connectivity index (χ0) is 11.7. The van der Waals surface area contributed by atoms with Crippen molar-refractivity contribution in [3.63, 3.8) is 0 Å². The molecule has 4 nitrogen and oxygen atoms in total. The molecule has 0 spiro atoms. The molecule has 1 atom stereocenters. The zero-order valence-electron chi connectivity index (χ0n) is 9.60. The molecule has 1 aromatic heterocycles. The number of aryl methyl sites for hydroxylation is 1. The van der Waals surface area contributed by atoms with E-state index in [1.807, 2.05) is 11.6 Å². The lowest BCUT2D eigenvalue weighted by molar-refractivity contribution is 0.0695. The van der Waals surface area contributed by atoms with Crippen molar-refractivity contribution in [2.75, 3.05) is 0 Å². The Balaban J connectivity index is 2.42. The number of carbonyl (C=O) groups is 1. The summed E-state index contributed by atoms with van der Waals surface area (Å²) in [5.74, 6) is -0.888. The van der Waals surface area contributed by atoms with Gasteiger partial charge in [-0.3, -0.25) is 4.68 Å². The first kappa shape index (κ1) is 10.9. The van der Waals surface area contributed by atoms with E-state index in [-0.39, 0.29) is 6.04 Å². The third kappa shape index (κ3) is 1.75. The van der Waals surface area contributed by atoms with E-state index >= 15 is 0 Å². The van der Waals surface area contributed by atoms with Gasteiger partial charge in [-0.2, -0.15) is 5.10 Å². The lowest BCUT2D eigenvalue weighted by Crippen LogP contribution is -2.12. The molecule has 1 unspecified atom stereocenters. The Hall–Kier alpha value is -1.58. The molecule has 1 aliphatic rings. The largest absolute Gasteiger partial charge is 0.478 e. The van der Waals surface area contributed by atoms with Gasteiger partial charge in [0.1, 0.15) is 5.56 Å². The number of allylic oxidation sites excluding steroid dienone is 2. The monoisotopic (exact) mass is 220 g/mol. The van der Waals surface area contributed by atoms with E-state index in [2.05, 4.69) is 17.3 Å². The summed E-state index contributed by atoms with van der Waals surface area (Å²) in [6.07, 6.45) is 7.56. The molecule has 1 aliphatic carbocycles. The highest BCUT2D eigenvalue weighted by molar-refractivity contribution is 5.90. The van der Waals surface area contributed by atoms with Gasteiger partial charge in [0.25, 0.3) is 0 Å². The topological polar surface area (TPSA) is 55.1 Å². The quantitative estimate of drug-likeness (QED) is 0.779. The van der Waals surface area contributed by atoms with Gasteiger partial charge < -0.3 is 5.11 Å². The molecule has 0 bridgehead atoms. The maximum Gasteiger partial charge on any atom is 0.339 e. The number of aromatic carboxylic acids is 1. The third-order valence-electron chi connectivity index (χ3n) is 3.08. The number of hydrogen-bond acceptors (Lipinski definition) is 2. The number of rotatable bonds is 2. The average molecular weight is 220 g/mol. The molecular weight excluding hydrogens is 204 g/mol. The van der Waals surface area contributed by atoms with Crippen molar-refractivity contribution in [3.8, 4) is 0 Å². The lowest BCUT2D eigenvalue weighted by atomic mass is 10.0. The van der Waals surface area contributed by atoms with Crippen LogP contribution < -0.4 is 0 Å². The average Bonchev–Trinajstić information content (AvgIpc) is 2.55. The van der Waals surface area contributed by atoms with Crippen LogP contribution in [0, 0.1) is 13.8 Å². The summed E-state index contributed by atoms with van der Waals surface area (Å²) in [7, 11) is 0. The standard InChI is InChI=1S/C12H16N2O2/c1-8-11(12(15)16)9(2)14(13-8)10-6-4-3-5-7-10/h4,6,10H,3,5,7H2,1-2H3,(H,15,16). The fourth-order valence-electron chi connectivity index (χ4n) is 2.29. The Kier molecular flexibility index (Phi) is 2.81. The molecule has 0 saturated heterocycles. The first-order chi connectivity index (χ1) is 7.61. The smallest absolute Gasteiger partial charge is 0.339 e. The summed E-state index contributed by atoms with van der Waals surface area (Å²) in [4.78, 5) is 11.1. The van der Waals surface area contributed by atoms with Crippen LogP contribution in [0.5, 0.6) is 0 Å². The highest BCUT2D eigenvalue weighted by Crippen LogP contribution is 2.25. The predicted octanol–water partition coefficient (Wildman–Crippen LogP) is 2.48. The molecule has 4 heteroatoms. The molecule has 0 aromatic carbocycles. The number of nitrogens with zero attached hydrogens (tertiary/aromatic N) is 2. The molecule has 0 radical (unpaired) electrons. The Morgan fingerprint density at radius 3 is 2.81 bits per heavy atom. The minimum Gasteiger partial charge on any atom is -0.478 e. The van der Waals surface area contributed by atoms with Gasteiger partial charge in [0.2, 0.25) is 0 Å². The molecule has 0 aliphatic heterocycles. The number of carboxylic acid groups (broad SMARTS) is 1. The number of aromatic nitrogens is 2. The van der Waals surface area contributed by atoms with Crippen molar-refractivity contribution >= 4 is 5.97 Å². The second-order valence-corrected chi connectivity index (χ2v) is 4.22. The van der Waals surface area contributed by atoms with E-state index < -0.39 is 5.97 Å². The Morgan fingerprint density at radius 1 is 1.56 bits per heavy atom. The fourth-order valence-corrected chi connectivity index (χ4v) is 2.29. The van der Waals surface area contributed by atoms with Crippen LogP contribution in [0.15, 0.2) is 12.2 Å². The van der Waals surface area contributed by atoms with Gasteiger partial charge in [0.15, 0.2) is 0 Å². The number of hydrogen-bond donors (Lipinski definition) is 1. The highest BCUT2D eigenvalue weighted by Gasteiger charge is 2.21. The minimum absolute atomic E-state index is 0.223. The second kappa shape index (κ2) is 4.12. The maximum absolute atomic E-state index is 11.1. The second-order valence-electron chi connectivity index (χ2n) is 4.22. The van der Waals surface area contributed by atoms with Crippen molar-refractivity contribution in [1.29, 1.82) is 0 Å². The van der Waals surface area contributed by atoms with Crippen molar-refractivity contribution in [3.05, 3.63) is 29.1 Å². The summed E-state index contributed by atoms with van der Waals surface area (Å²) < 4.78 is 1.84. The van der Waals surface area contributed by atoms with E-state index in [1.165, 1.54) is 0 Å². The molecule has 2 rings (SSSR count). The van der Waals surface area contributed by atoms with Gasteiger partial charge >= 0.3 is 5.97 Å². The van der Waals surface area contributed by atoms with Crippen LogP contribution in [0.1, 0.15) is 47.1 Å². The van der Waals surface area contributed by atoms with Crippen molar-refractivity contribution in [2.45, 2.75) is 39.2 Å². The zero-order valence-corrected chi connectivity index (χ0v) is 9.60. The molecule has 0 saturated carbocycles. The summed E-state index contributed by atoms with van der Waals surface area (Å²) in [5, 5.41) is 13.4. The summed E-state index contributed by atoms with van der Waals surface area (Å²) >= 11 is 0. The van der Waals surface area contributed by atoms with Crippen LogP contribution in [-0.2, 0) is 0 Å². The summed E-state index contributed by atoms with van der Waals surface area (Å²) in [5.41, 5.74) is 1.70. The molecule has 0 amide bonds. The van der Waals surface area contributed by atoms with Crippen LogP contribution in [0.2, 0.25) is 0 Å². The van der Waals surface area contributed by atoms with Gasteiger partial charge in [0.05, 0.1) is 17.4 Å². The Morgan fingerprint density at radius 2 is 2.31 bits per heavy atom. The highest BCUT2D eigenvalue weighted by atomic mass is 16.4.